The molecule has 0 radical (unpaired) electrons. The van der Waals surface area contributed by atoms with Crippen molar-refractivity contribution in [3.63, 3.8) is 0 Å². The van der Waals surface area contributed by atoms with Crippen LogP contribution in [-0.2, 0) is 16.1 Å². The van der Waals surface area contributed by atoms with Gasteiger partial charge in [0, 0.05) is 24.1 Å². The van der Waals surface area contributed by atoms with E-state index in [9.17, 15) is 9.59 Å². The lowest BCUT2D eigenvalue weighted by Crippen LogP contribution is -2.41. The van der Waals surface area contributed by atoms with Gasteiger partial charge in [-0.25, -0.2) is 4.79 Å². The second kappa shape index (κ2) is 10.2. The largest absolute Gasteiger partial charge is 0.445 e. The number of alkyl carbamates (subject to hydrolysis) is 1. The summed E-state index contributed by atoms with van der Waals surface area (Å²) in [6.07, 6.45) is 0.346. The monoisotopic (exact) mass is 398 g/mol. The van der Waals surface area contributed by atoms with Crippen molar-refractivity contribution in [1.82, 2.24) is 10.2 Å². The number of carbonyl (C=O) groups excluding carboxylic acids is 2. The van der Waals surface area contributed by atoms with Crippen molar-refractivity contribution in [2.75, 3.05) is 25.4 Å². The van der Waals surface area contributed by atoms with Crippen LogP contribution >= 0.6 is 11.8 Å². The second-order valence-electron chi connectivity index (χ2n) is 6.80. The first-order valence-corrected chi connectivity index (χ1v) is 10.6. The zero-order chi connectivity index (χ0) is 19.8. The molecule has 0 spiro atoms. The molecule has 1 saturated heterocycles. The van der Waals surface area contributed by atoms with Gasteiger partial charge in [-0.05, 0) is 30.0 Å². The number of benzene rings is 2. The number of amides is 2. The summed E-state index contributed by atoms with van der Waals surface area (Å²) in [6, 6.07) is 17.9. The molecule has 6 heteroatoms. The Labute approximate surface area is 170 Å². The summed E-state index contributed by atoms with van der Waals surface area (Å²) >= 11 is 1.90. The van der Waals surface area contributed by atoms with Crippen LogP contribution in [0.1, 0.15) is 28.4 Å². The van der Waals surface area contributed by atoms with Gasteiger partial charge in [0.15, 0.2) is 0 Å². The molecule has 0 saturated carbocycles. The van der Waals surface area contributed by atoms with E-state index in [1.807, 2.05) is 47.0 Å². The average molecular weight is 399 g/mol. The van der Waals surface area contributed by atoms with E-state index in [1.54, 1.807) is 0 Å². The van der Waals surface area contributed by atoms with Crippen molar-refractivity contribution in [1.29, 1.82) is 0 Å². The topological polar surface area (TPSA) is 58.6 Å². The average Bonchev–Trinajstić information content (AvgIpc) is 2.98. The molecular formula is C22H26N2O3S. The van der Waals surface area contributed by atoms with Crippen molar-refractivity contribution in [3.8, 4) is 0 Å². The molecule has 5 nitrogen and oxygen atoms in total. The lowest BCUT2D eigenvalue weighted by molar-refractivity contribution is -0.129. The number of aryl methyl sites for hydroxylation is 1. The van der Waals surface area contributed by atoms with Gasteiger partial charge in [-0.3, -0.25) is 4.79 Å². The van der Waals surface area contributed by atoms with Crippen molar-refractivity contribution in [2.45, 2.75) is 25.2 Å². The number of ether oxygens (including phenoxy) is 1. The Kier molecular flexibility index (Phi) is 7.37. The summed E-state index contributed by atoms with van der Waals surface area (Å²) < 4.78 is 5.15. The number of rotatable bonds is 5. The van der Waals surface area contributed by atoms with Gasteiger partial charge in [0.05, 0.1) is 0 Å². The third-order valence-electron chi connectivity index (χ3n) is 4.83. The minimum absolute atomic E-state index is 0.0344. The molecule has 1 aliphatic heterocycles. The number of nitrogens with one attached hydrogen (secondary N) is 1. The summed E-state index contributed by atoms with van der Waals surface area (Å²) in [7, 11) is 0. The summed E-state index contributed by atoms with van der Waals surface area (Å²) in [4.78, 5) is 26.2. The minimum atomic E-state index is -0.570. The first-order valence-electron chi connectivity index (χ1n) is 9.53. The van der Waals surface area contributed by atoms with E-state index in [4.69, 9.17) is 4.74 Å². The Balaban J connectivity index is 1.43. The number of thioether (sulfide) groups is 1. The maximum absolute atomic E-state index is 12.5. The van der Waals surface area contributed by atoms with Crippen LogP contribution in [0.5, 0.6) is 0 Å². The maximum Gasteiger partial charge on any atom is 0.407 e. The highest BCUT2D eigenvalue weighted by atomic mass is 32.2. The minimum Gasteiger partial charge on any atom is -0.445 e. The quantitative estimate of drug-likeness (QED) is 0.829. The molecule has 2 aromatic carbocycles. The summed E-state index contributed by atoms with van der Waals surface area (Å²) in [5, 5.41) is 2.97. The molecule has 1 unspecified atom stereocenters. The highest BCUT2D eigenvalue weighted by Crippen LogP contribution is 2.35. The van der Waals surface area contributed by atoms with E-state index in [1.165, 1.54) is 11.1 Å². The van der Waals surface area contributed by atoms with Gasteiger partial charge >= 0.3 is 6.09 Å². The molecule has 1 aliphatic rings. The Bertz CT molecular complexity index is 797. The van der Waals surface area contributed by atoms with Gasteiger partial charge in [-0.1, -0.05) is 54.6 Å². The molecule has 3 rings (SSSR count). The summed E-state index contributed by atoms with van der Waals surface area (Å²) in [5.74, 6) is 0.825. The Morgan fingerprint density at radius 2 is 1.86 bits per heavy atom. The molecule has 0 bridgehead atoms. The zero-order valence-electron chi connectivity index (χ0n) is 16.1. The van der Waals surface area contributed by atoms with Gasteiger partial charge < -0.3 is 15.0 Å². The lowest BCUT2D eigenvalue weighted by Gasteiger charge is -2.21. The van der Waals surface area contributed by atoms with Gasteiger partial charge in [0.2, 0.25) is 5.91 Å². The summed E-state index contributed by atoms with van der Waals surface area (Å²) in [5.41, 5.74) is 3.56. The van der Waals surface area contributed by atoms with Gasteiger partial charge in [-0.15, -0.1) is 0 Å². The van der Waals surface area contributed by atoms with E-state index < -0.39 is 6.09 Å². The van der Waals surface area contributed by atoms with Crippen molar-refractivity contribution < 1.29 is 14.3 Å². The van der Waals surface area contributed by atoms with E-state index in [-0.39, 0.29) is 19.1 Å². The fourth-order valence-corrected chi connectivity index (χ4v) is 4.58. The maximum atomic E-state index is 12.5. The van der Waals surface area contributed by atoms with E-state index in [2.05, 4.69) is 36.5 Å². The molecular weight excluding hydrogens is 372 g/mol. The van der Waals surface area contributed by atoms with Crippen LogP contribution in [-0.4, -0.2) is 42.3 Å². The molecule has 1 fully saturated rings. The van der Waals surface area contributed by atoms with Crippen molar-refractivity contribution in [2.24, 2.45) is 0 Å². The molecule has 1 atom stereocenters. The predicted octanol–water partition coefficient (Wildman–Crippen LogP) is 3.93. The standard InChI is InChI=1S/C22H26N2O3S/c1-17-7-5-6-10-19(17)20-11-12-24(13-14-28-20)21(25)15-23-22(26)27-16-18-8-3-2-4-9-18/h2-10,20H,11-16H2,1H3,(H,23,26). The fraction of sp³-hybridized carbons (Fsp3) is 0.364. The second-order valence-corrected chi connectivity index (χ2v) is 8.11. The third-order valence-corrected chi connectivity index (χ3v) is 6.14. The smallest absolute Gasteiger partial charge is 0.407 e. The fourth-order valence-electron chi connectivity index (χ4n) is 3.25. The Hall–Kier alpha value is -2.47. The van der Waals surface area contributed by atoms with Gasteiger partial charge in [-0.2, -0.15) is 11.8 Å². The highest BCUT2D eigenvalue weighted by molar-refractivity contribution is 7.99. The SMILES string of the molecule is Cc1ccccc1C1CCN(C(=O)CNC(=O)OCc2ccccc2)CCS1. The van der Waals surface area contributed by atoms with Crippen LogP contribution in [0.15, 0.2) is 54.6 Å². The Morgan fingerprint density at radius 1 is 1.11 bits per heavy atom. The molecule has 2 aromatic rings. The van der Waals surface area contributed by atoms with Crippen LogP contribution in [0.3, 0.4) is 0 Å². The number of carbonyl (C=O) groups is 2. The number of nitrogens with zero attached hydrogens (tertiary/aromatic N) is 1. The molecule has 28 heavy (non-hydrogen) atoms. The summed E-state index contributed by atoms with van der Waals surface area (Å²) in [6.45, 7) is 3.69. The first-order chi connectivity index (χ1) is 13.6. The van der Waals surface area contributed by atoms with Crippen LogP contribution in [0, 0.1) is 6.92 Å². The normalized spacial score (nSPS) is 16.9. The first kappa shape index (κ1) is 20.3. The van der Waals surface area contributed by atoms with Crippen LogP contribution in [0.4, 0.5) is 4.79 Å². The van der Waals surface area contributed by atoms with Gasteiger partial charge in [0.25, 0.3) is 0 Å². The third kappa shape index (κ3) is 5.76. The lowest BCUT2D eigenvalue weighted by atomic mass is 10.0. The Morgan fingerprint density at radius 3 is 2.64 bits per heavy atom. The van der Waals surface area contributed by atoms with Crippen LogP contribution in [0.2, 0.25) is 0 Å². The molecule has 0 aromatic heterocycles. The predicted molar refractivity (Wildman–Crippen MR) is 112 cm³/mol. The number of hydrogen-bond acceptors (Lipinski definition) is 4. The van der Waals surface area contributed by atoms with Crippen LogP contribution in [0.25, 0.3) is 0 Å². The van der Waals surface area contributed by atoms with Crippen LogP contribution < -0.4 is 5.32 Å². The van der Waals surface area contributed by atoms with Gasteiger partial charge in [0.1, 0.15) is 13.2 Å². The molecule has 1 N–H and O–H groups in total. The molecule has 2 amide bonds. The van der Waals surface area contributed by atoms with E-state index in [0.717, 1.165) is 17.7 Å². The molecule has 148 valence electrons. The van der Waals surface area contributed by atoms with E-state index in [0.29, 0.717) is 18.3 Å². The molecule has 1 heterocycles. The highest BCUT2D eigenvalue weighted by Gasteiger charge is 2.23. The van der Waals surface area contributed by atoms with Crippen molar-refractivity contribution >= 4 is 23.8 Å². The molecule has 0 aliphatic carbocycles. The van der Waals surface area contributed by atoms with E-state index >= 15 is 0 Å². The zero-order valence-corrected chi connectivity index (χ0v) is 16.9. The van der Waals surface area contributed by atoms with Crippen molar-refractivity contribution in [3.05, 3.63) is 71.3 Å². The number of hydrogen-bond donors (Lipinski definition) is 1.